The van der Waals surface area contributed by atoms with Crippen molar-refractivity contribution in [3.63, 3.8) is 0 Å². The average molecular weight is 483 g/mol. The van der Waals surface area contributed by atoms with Gasteiger partial charge < -0.3 is 20.5 Å². The maximum Gasteiger partial charge on any atom is 0.387 e. The highest BCUT2D eigenvalue weighted by molar-refractivity contribution is 8.13. The van der Waals surface area contributed by atoms with Gasteiger partial charge in [0, 0.05) is 35.9 Å². The molecule has 0 saturated carbocycles. The summed E-state index contributed by atoms with van der Waals surface area (Å²) in [5, 5.41) is 3.05. The molecule has 1 amide bonds. The van der Waals surface area contributed by atoms with Gasteiger partial charge in [-0.3, -0.25) is 9.79 Å². The van der Waals surface area contributed by atoms with Gasteiger partial charge in [-0.25, -0.2) is 9.37 Å². The molecule has 2 aromatic rings. The minimum absolute atomic E-state index is 0. The molecule has 0 radical (unpaired) electrons. The van der Waals surface area contributed by atoms with E-state index in [0.717, 1.165) is 6.20 Å². The second kappa shape index (κ2) is 10.0. The van der Waals surface area contributed by atoms with Crippen molar-refractivity contribution >= 4 is 28.5 Å². The summed E-state index contributed by atoms with van der Waals surface area (Å²) in [6.07, 6.45) is 1.36. The zero-order valence-corrected chi connectivity index (χ0v) is 17.9. The summed E-state index contributed by atoms with van der Waals surface area (Å²) in [5.41, 5.74) is 5.80. The van der Waals surface area contributed by atoms with Crippen molar-refractivity contribution in [2.24, 2.45) is 16.6 Å². The van der Waals surface area contributed by atoms with E-state index in [4.69, 9.17) is 10.5 Å². The van der Waals surface area contributed by atoms with Crippen LogP contribution in [0.25, 0.3) is 0 Å². The van der Waals surface area contributed by atoms with Gasteiger partial charge in [-0.05, 0) is 37.3 Å². The molecule has 178 valence electrons. The predicted molar refractivity (Wildman–Crippen MR) is 121 cm³/mol. The smallest absolute Gasteiger partial charge is 0.387 e. The minimum atomic E-state index is -2.99. The highest BCUT2D eigenvalue weighted by Gasteiger charge is 2.49. The number of ether oxygens (including phenoxy) is 2. The number of nitrogens with one attached hydrogen (secondary N) is 1. The lowest BCUT2D eigenvalue weighted by atomic mass is 9.72. The summed E-state index contributed by atoms with van der Waals surface area (Å²) in [6, 6.07) is 6.74. The SMILES string of the molecule is C.C[C@H]1OCC[C@]2(c3cc(NC(=O)c4ccc(OC(F)F)cn4)ccc3F)N=C(N)SC[C@H]12. The summed E-state index contributed by atoms with van der Waals surface area (Å²) in [4.78, 5) is 21.1. The van der Waals surface area contributed by atoms with Crippen LogP contribution in [0.1, 0.15) is 36.8 Å². The van der Waals surface area contributed by atoms with Crippen molar-refractivity contribution in [1.29, 1.82) is 0 Å². The summed E-state index contributed by atoms with van der Waals surface area (Å²) < 4.78 is 49.6. The van der Waals surface area contributed by atoms with Gasteiger partial charge in [0.2, 0.25) is 0 Å². The molecule has 0 spiro atoms. The monoisotopic (exact) mass is 482 g/mol. The number of aliphatic imine (C=N–C) groups is 1. The number of hydrogen-bond acceptors (Lipinski definition) is 7. The van der Waals surface area contributed by atoms with Gasteiger partial charge in [-0.15, -0.1) is 0 Å². The Labute approximate surface area is 194 Å². The van der Waals surface area contributed by atoms with Crippen LogP contribution in [0.3, 0.4) is 0 Å². The van der Waals surface area contributed by atoms with Gasteiger partial charge in [-0.1, -0.05) is 19.2 Å². The maximum atomic E-state index is 15.0. The van der Waals surface area contributed by atoms with Crippen LogP contribution >= 0.6 is 11.8 Å². The van der Waals surface area contributed by atoms with Crippen LogP contribution < -0.4 is 15.8 Å². The molecule has 1 saturated heterocycles. The molecule has 2 aliphatic rings. The number of fused-ring (bicyclic) bond motifs is 1. The topological polar surface area (TPSA) is 98.8 Å². The van der Waals surface area contributed by atoms with Crippen LogP contribution in [-0.2, 0) is 10.3 Å². The summed E-state index contributed by atoms with van der Waals surface area (Å²) in [5.74, 6) is -0.633. The Morgan fingerprint density at radius 2 is 2.15 bits per heavy atom. The van der Waals surface area contributed by atoms with Crippen LogP contribution in [0.4, 0.5) is 18.9 Å². The van der Waals surface area contributed by atoms with Gasteiger partial charge in [0.25, 0.3) is 5.91 Å². The van der Waals surface area contributed by atoms with Crippen LogP contribution in [0.5, 0.6) is 5.75 Å². The third-order valence-corrected chi connectivity index (χ3v) is 6.56. The van der Waals surface area contributed by atoms with Crippen molar-refractivity contribution in [2.45, 2.75) is 39.0 Å². The Morgan fingerprint density at radius 3 is 2.85 bits per heavy atom. The number of benzene rings is 1. The summed E-state index contributed by atoms with van der Waals surface area (Å²) in [7, 11) is 0. The standard InChI is InChI=1S/C21H21F3N4O3S.CH4/c1-11-15-10-32-20(25)28-21(15,6-7-30-11)14-8-12(2-4-16(14)22)27-18(29)17-5-3-13(9-26-17)31-19(23)24;/h2-5,8-9,11,15,19H,6-7,10H2,1H3,(H2,25,28)(H,27,29);1H4/t11-,15-,21-;/m1./s1. The number of halogens is 3. The van der Waals surface area contributed by atoms with E-state index in [2.05, 4.69) is 20.0 Å². The maximum absolute atomic E-state index is 15.0. The van der Waals surface area contributed by atoms with Crippen molar-refractivity contribution in [3.8, 4) is 5.75 Å². The molecule has 0 unspecified atom stereocenters. The normalized spacial score (nSPS) is 24.3. The highest BCUT2D eigenvalue weighted by atomic mass is 32.2. The van der Waals surface area contributed by atoms with Crippen molar-refractivity contribution in [1.82, 2.24) is 4.98 Å². The third-order valence-electron chi connectivity index (χ3n) is 5.65. The number of amides is 1. The predicted octanol–water partition coefficient (Wildman–Crippen LogP) is 4.39. The summed E-state index contributed by atoms with van der Waals surface area (Å²) >= 11 is 1.41. The number of carbonyl (C=O) groups is 1. The molecule has 3 heterocycles. The largest absolute Gasteiger partial charge is 0.433 e. The Morgan fingerprint density at radius 1 is 1.36 bits per heavy atom. The van der Waals surface area contributed by atoms with Crippen molar-refractivity contribution in [2.75, 3.05) is 17.7 Å². The Bertz CT molecular complexity index is 1040. The zero-order chi connectivity index (χ0) is 22.9. The number of nitrogens with two attached hydrogens (primary N) is 1. The number of hydrogen-bond donors (Lipinski definition) is 2. The van der Waals surface area contributed by atoms with Crippen LogP contribution in [-0.4, -0.2) is 41.1 Å². The first-order valence-corrected chi connectivity index (χ1v) is 10.9. The lowest BCUT2D eigenvalue weighted by Gasteiger charge is -2.47. The molecule has 1 fully saturated rings. The lowest BCUT2D eigenvalue weighted by molar-refractivity contribution is -0.0515. The lowest BCUT2D eigenvalue weighted by Crippen LogP contribution is -2.50. The minimum Gasteiger partial charge on any atom is -0.433 e. The number of pyridine rings is 1. The molecule has 7 nitrogen and oxygen atoms in total. The van der Waals surface area contributed by atoms with E-state index >= 15 is 4.39 Å². The first kappa shape index (κ1) is 24.8. The van der Waals surface area contributed by atoms with Crippen LogP contribution in [0.2, 0.25) is 0 Å². The van der Waals surface area contributed by atoms with Crippen LogP contribution in [0.15, 0.2) is 41.5 Å². The van der Waals surface area contributed by atoms with Gasteiger partial charge in [0.1, 0.15) is 17.3 Å². The molecule has 11 heteroatoms. The van der Waals surface area contributed by atoms with E-state index < -0.39 is 23.9 Å². The molecule has 0 bridgehead atoms. The molecule has 1 aromatic heterocycles. The Hall–Kier alpha value is -2.79. The molecule has 2 aliphatic heterocycles. The second-order valence-corrected chi connectivity index (χ2v) is 8.56. The first-order chi connectivity index (χ1) is 15.3. The van der Waals surface area contributed by atoms with E-state index in [1.165, 1.54) is 36.0 Å². The molecule has 33 heavy (non-hydrogen) atoms. The summed E-state index contributed by atoms with van der Waals surface area (Å²) in [6.45, 7) is -0.640. The molecule has 3 atom stereocenters. The number of nitrogens with zero attached hydrogens (tertiary/aromatic N) is 2. The Kier molecular flexibility index (Phi) is 7.53. The van der Waals surface area contributed by atoms with E-state index in [1.807, 2.05) is 6.92 Å². The van der Waals surface area contributed by atoms with E-state index in [1.54, 1.807) is 6.07 Å². The fourth-order valence-electron chi connectivity index (χ4n) is 4.12. The fraction of sp³-hybridized carbons (Fsp3) is 0.409. The van der Waals surface area contributed by atoms with E-state index in [0.29, 0.717) is 35.2 Å². The molecule has 1 aromatic carbocycles. The molecule has 3 N–H and O–H groups in total. The number of amidine groups is 1. The van der Waals surface area contributed by atoms with Gasteiger partial charge in [0.15, 0.2) is 5.17 Å². The van der Waals surface area contributed by atoms with Crippen molar-refractivity contribution < 1.29 is 27.4 Å². The number of rotatable bonds is 5. The molecular formula is C22H25F3N4O3S. The van der Waals surface area contributed by atoms with Crippen LogP contribution in [0, 0.1) is 11.7 Å². The average Bonchev–Trinajstić information content (AvgIpc) is 2.75. The van der Waals surface area contributed by atoms with Gasteiger partial charge in [0.05, 0.1) is 17.8 Å². The van der Waals surface area contributed by atoms with Gasteiger partial charge in [-0.2, -0.15) is 8.78 Å². The van der Waals surface area contributed by atoms with E-state index in [9.17, 15) is 13.6 Å². The third kappa shape index (κ3) is 5.09. The van der Waals surface area contributed by atoms with Gasteiger partial charge >= 0.3 is 6.61 Å². The number of alkyl halides is 2. The fourth-order valence-corrected chi connectivity index (χ4v) is 5.24. The zero-order valence-electron chi connectivity index (χ0n) is 17.1. The quantitative estimate of drug-likeness (QED) is 0.656. The number of carbonyl (C=O) groups excluding carboxylic acids is 1. The number of anilines is 1. The van der Waals surface area contributed by atoms with Crippen molar-refractivity contribution in [3.05, 3.63) is 53.6 Å². The Balaban J connectivity index is 0.00000306. The first-order valence-electron chi connectivity index (χ1n) is 9.90. The highest BCUT2D eigenvalue weighted by Crippen LogP contribution is 2.48. The van der Waals surface area contributed by atoms with E-state index in [-0.39, 0.29) is 30.9 Å². The second-order valence-electron chi connectivity index (χ2n) is 7.52. The number of aromatic nitrogens is 1. The molecule has 4 rings (SSSR count). The molecule has 0 aliphatic carbocycles. The molecular weight excluding hydrogens is 457 g/mol. The number of thioether (sulfide) groups is 1.